The zero-order chi connectivity index (χ0) is 18.1. The number of ether oxygens (including phenoxy) is 1. The van der Waals surface area contributed by atoms with Crippen molar-refractivity contribution in [2.45, 2.75) is 32.2 Å². The van der Waals surface area contributed by atoms with E-state index in [1.807, 2.05) is 35.2 Å². The summed E-state index contributed by atoms with van der Waals surface area (Å²) in [5.74, 6) is -0.833. The Morgan fingerprint density at radius 1 is 1.32 bits per heavy atom. The molecule has 0 spiro atoms. The van der Waals surface area contributed by atoms with Gasteiger partial charge in [-0.25, -0.2) is 0 Å². The van der Waals surface area contributed by atoms with Gasteiger partial charge in [0.05, 0.1) is 12.0 Å². The van der Waals surface area contributed by atoms with E-state index in [9.17, 15) is 14.7 Å². The first-order chi connectivity index (χ1) is 12.1. The second-order valence-electron chi connectivity index (χ2n) is 6.76. The number of amides is 1. The van der Waals surface area contributed by atoms with Crippen LogP contribution in [0.5, 0.6) is 0 Å². The van der Waals surface area contributed by atoms with Crippen molar-refractivity contribution in [3.8, 4) is 0 Å². The Labute approximate surface area is 149 Å². The number of benzene rings is 1. The number of hydrogen-bond acceptors (Lipinski definition) is 4. The number of nitrogens with one attached hydrogen (secondary N) is 1. The van der Waals surface area contributed by atoms with Crippen molar-refractivity contribution in [2.75, 3.05) is 33.4 Å². The fourth-order valence-corrected chi connectivity index (χ4v) is 3.46. The van der Waals surface area contributed by atoms with Crippen molar-refractivity contribution in [3.05, 3.63) is 35.9 Å². The molecule has 1 saturated heterocycles. The molecule has 6 nitrogen and oxygen atoms in total. The Bertz CT molecular complexity index is 564. The number of hydrogen-bond donors (Lipinski definition) is 2. The molecule has 1 amide bonds. The average Bonchev–Trinajstić information content (AvgIpc) is 2.61. The minimum absolute atomic E-state index is 0.0677. The maximum atomic E-state index is 12.2. The molecular formula is C19H28N2O4. The van der Waals surface area contributed by atoms with Crippen LogP contribution in [0.15, 0.2) is 30.3 Å². The molecule has 2 rings (SSSR count). The van der Waals surface area contributed by atoms with E-state index in [0.717, 1.165) is 24.9 Å². The number of carbonyl (C=O) groups excluding carboxylic acids is 1. The van der Waals surface area contributed by atoms with Gasteiger partial charge in [-0.3, -0.25) is 14.5 Å². The quantitative estimate of drug-likeness (QED) is 0.667. The van der Waals surface area contributed by atoms with Crippen LogP contribution in [0.3, 0.4) is 0 Å². The maximum absolute atomic E-state index is 12.2. The summed E-state index contributed by atoms with van der Waals surface area (Å²) in [6.45, 7) is 2.48. The van der Waals surface area contributed by atoms with Crippen LogP contribution < -0.4 is 5.32 Å². The van der Waals surface area contributed by atoms with Crippen molar-refractivity contribution in [1.29, 1.82) is 0 Å². The molecule has 1 aromatic rings. The number of methoxy groups -OCH3 is 1. The van der Waals surface area contributed by atoms with Gasteiger partial charge < -0.3 is 15.2 Å². The molecule has 0 bridgehead atoms. The second kappa shape index (κ2) is 9.53. The highest BCUT2D eigenvalue weighted by molar-refractivity contribution is 5.78. The van der Waals surface area contributed by atoms with E-state index in [1.165, 1.54) is 0 Å². The van der Waals surface area contributed by atoms with Crippen molar-refractivity contribution < 1.29 is 19.4 Å². The van der Waals surface area contributed by atoms with Gasteiger partial charge in [0.15, 0.2) is 0 Å². The van der Waals surface area contributed by atoms with Gasteiger partial charge in [-0.1, -0.05) is 30.3 Å². The van der Waals surface area contributed by atoms with Crippen LogP contribution >= 0.6 is 0 Å². The van der Waals surface area contributed by atoms with Gasteiger partial charge in [0.25, 0.3) is 0 Å². The Kier molecular flexibility index (Phi) is 7.40. The van der Waals surface area contributed by atoms with Crippen LogP contribution in [0.1, 0.15) is 31.2 Å². The number of rotatable bonds is 9. The number of nitrogens with zero attached hydrogens (tertiary/aromatic N) is 1. The lowest BCUT2D eigenvalue weighted by atomic mass is 9.76. The maximum Gasteiger partial charge on any atom is 0.310 e. The Balaban J connectivity index is 1.86. The fraction of sp³-hybridized carbons (Fsp3) is 0.579. The molecule has 0 saturated carbocycles. The highest BCUT2D eigenvalue weighted by Crippen LogP contribution is 2.35. The number of likely N-dealkylation sites (tertiary alicyclic amines) is 1. The number of carboxylic acid groups (broad SMARTS) is 1. The molecule has 1 heterocycles. The summed E-state index contributed by atoms with van der Waals surface area (Å²) in [5.41, 5.74) is 0.283. The largest absolute Gasteiger partial charge is 0.481 e. The standard InChI is InChI=1S/C19H28N2O4/c1-25-12-6-10-19(18(23)24)9-5-11-21(15-19)14-17(22)20-13-16-7-3-2-4-8-16/h2-4,7-8H,5-6,9-15H2,1H3,(H,20,22)(H,23,24)/t19-/m0/s1. The topological polar surface area (TPSA) is 78.9 Å². The van der Waals surface area contributed by atoms with Gasteiger partial charge in [0.1, 0.15) is 0 Å². The highest BCUT2D eigenvalue weighted by Gasteiger charge is 2.42. The smallest absolute Gasteiger partial charge is 0.310 e. The first-order valence-electron chi connectivity index (χ1n) is 8.81. The molecule has 0 radical (unpaired) electrons. The average molecular weight is 348 g/mol. The molecule has 138 valence electrons. The minimum Gasteiger partial charge on any atom is -0.481 e. The van der Waals surface area contributed by atoms with E-state index < -0.39 is 11.4 Å². The zero-order valence-electron chi connectivity index (χ0n) is 14.9. The van der Waals surface area contributed by atoms with Crippen molar-refractivity contribution >= 4 is 11.9 Å². The van der Waals surface area contributed by atoms with E-state index in [4.69, 9.17) is 4.74 Å². The lowest BCUT2D eigenvalue weighted by molar-refractivity contribution is -0.154. The van der Waals surface area contributed by atoms with Gasteiger partial charge in [0, 0.05) is 26.8 Å². The first-order valence-corrected chi connectivity index (χ1v) is 8.81. The number of aliphatic carboxylic acids is 1. The summed E-state index contributed by atoms with van der Waals surface area (Å²) in [5, 5.41) is 12.6. The monoisotopic (exact) mass is 348 g/mol. The van der Waals surface area contributed by atoms with Gasteiger partial charge in [0.2, 0.25) is 5.91 Å². The van der Waals surface area contributed by atoms with E-state index in [-0.39, 0.29) is 12.5 Å². The Hall–Kier alpha value is -1.92. The predicted molar refractivity (Wildman–Crippen MR) is 95.1 cm³/mol. The third-order valence-electron chi connectivity index (χ3n) is 4.81. The minimum atomic E-state index is -0.767. The molecule has 1 aromatic carbocycles. The van der Waals surface area contributed by atoms with Gasteiger partial charge in [-0.15, -0.1) is 0 Å². The molecule has 2 N–H and O–H groups in total. The highest BCUT2D eigenvalue weighted by atomic mass is 16.5. The summed E-state index contributed by atoms with van der Waals surface area (Å²) in [7, 11) is 1.62. The summed E-state index contributed by atoms with van der Waals surface area (Å²) < 4.78 is 5.05. The van der Waals surface area contributed by atoms with E-state index in [0.29, 0.717) is 32.5 Å². The number of carboxylic acids is 1. The van der Waals surface area contributed by atoms with Gasteiger partial charge in [-0.05, 0) is 37.8 Å². The molecule has 1 aliphatic rings. The third kappa shape index (κ3) is 5.83. The van der Waals surface area contributed by atoms with E-state index in [1.54, 1.807) is 7.11 Å². The normalized spacial score (nSPS) is 21.0. The Morgan fingerprint density at radius 2 is 2.08 bits per heavy atom. The molecule has 0 unspecified atom stereocenters. The summed E-state index contributed by atoms with van der Waals surface area (Å²) >= 11 is 0. The fourth-order valence-electron chi connectivity index (χ4n) is 3.46. The molecule has 0 aromatic heterocycles. The van der Waals surface area contributed by atoms with Crippen LogP contribution in [-0.2, 0) is 20.9 Å². The number of carbonyl (C=O) groups is 2. The van der Waals surface area contributed by atoms with Crippen LogP contribution in [-0.4, -0.2) is 55.2 Å². The van der Waals surface area contributed by atoms with Crippen LogP contribution in [0.2, 0.25) is 0 Å². The molecule has 6 heteroatoms. The Morgan fingerprint density at radius 3 is 2.76 bits per heavy atom. The molecule has 25 heavy (non-hydrogen) atoms. The molecule has 1 aliphatic heterocycles. The SMILES string of the molecule is COCCC[C@@]1(C(=O)O)CCCN(CC(=O)NCc2ccccc2)C1. The molecule has 1 atom stereocenters. The van der Waals surface area contributed by atoms with Crippen LogP contribution in [0.25, 0.3) is 0 Å². The van der Waals surface area contributed by atoms with Gasteiger partial charge >= 0.3 is 5.97 Å². The van der Waals surface area contributed by atoms with Crippen molar-refractivity contribution in [3.63, 3.8) is 0 Å². The number of piperidine rings is 1. The summed E-state index contributed by atoms with van der Waals surface area (Å²) in [6, 6.07) is 9.74. The predicted octanol–water partition coefficient (Wildman–Crippen LogP) is 1.90. The first kappa shape index (κ1) is 19.4. The third-order valence-corrected chi connectivity index (χ3v) is 4.81. The van der Waals surface area contributed by atoms with E-state index in [2.05, 4.69) is 5.32 Å². The lowest BCUT2D eigenvalue weighted by Crippen LogP contribution is -2.50. The van der Waals surface area contributed by atoms with Crippen molar-refractivity contribution in [1.82, 2.24) is 10.2 Å². The lowest BCUT2D eigenvalue weighted by Gasteiger charge is -2.39. The van der Waals surface area contributed by atoms with Crippen molar-refractivity contribution in [2.24, 2.45) is 5.41 Å². The molecule has 0 aliphatic carbocycles. The van der Waals surface area contributed by atoms with E-state index >= 15 is 0 Å². The van der Waals surface area contributed by atoms with Gasteiger partial charge in [-0.2, -0.15) is 0 Å². The summed E-state index contributed by atoms with van der Waals surface area (Å²) in [4.78, 5) is 26.0. The van der Waals surface area contributed by atoms with Crippen LogP contribution in [0, 0.1) is 5.41 Å². The molecule has 1 fully saturated rings. The second-order valence-corrected chi connectivity index (χ2v) is 6.76. The zero-order valence-corrected chi connectivity index (χ0v) is 14.9. The molecular weight excluding hydrogens is 320 g/mol. The summed E-state index contributed by atoms with van der Waals surface area (Å²) in [6.07, 6.45) is 2.76. The van der Waals surface area contributed by atoms with Crippen LogP contribution in [0.4, 0.5) is 0 Å².